The summed E-state index contributed by atoms with van der Waals surface area (Å²) in [5, 5.41) is 2.77. The summed E-state index contributed by atoms with van der Waals surface area (Å²) in [4.78, 5) is 13.8. The average Bonchev–Trinajstić information content (AvgIpc) is 2.28. The van der Waals surface area contributed by atoms with E-state index < -0.39 is 0 Å². The van der Waals surface area contributed by atoms with Crippen LogP contribution >= 0.6 is 0 Å². The molecule has 0 aromatic carbocycles. The monoisotopic (exact) mass is 212 g/mol. The van der Waals surface area contributed by atoms with Gasteiger partial charge in [0.2, 0.25) is 5.91 Å². The maximum Gasteiger partial charge on any atom is 0.248 e. The summed E-state index contributed by atoms with van der Waals surface area (Å²) in [6.07, 6.45) is 0. The molecule has 1 aliphatic rings. The van der Waals surface area contributed by atoms with E-state index in [0.717, 1.165) is 26.3 Å². The topological polar surface area (TPSA) is 41.6 Å². The zero-order valence-electron chi connectivity index (χ0n) is 9.58. The van der Waals surface area contributed by atoms with Crippen molar-refractivity contribution in [2.45, 2.75) is 19.9 Å². The number of amides is 1. The standard InChI is InChI=1S/C11H20N2O2/c1-4-12-11(14)9(2)10(3)13-5-7-15-8-6-13/h10H,2,4-8H2,1,3H3,(H,12,14). The molecule has 4 nitrogen and oxygen atoms in total. The lowest BCUT2D eigenvalue weighted by molar-refractivity contribution is -0.118. The maximum atomic E-state index is 11.6. The van der Waals surface area contributed by atoms with Crippen LogP contribution in [0.2, 0.25) is 0 Å². The zero-order valence-corrected chi connectivity index (χ0v) is 9.58. The first kappa shape index (κ1) is 12.2. The van der Waals surface area contributed by atoms with Crippen LogP contribution in [0.1, 0.15) is 13.8 Å². The van der Waals surface area contributed by atoms with Gasteiger partial charge in [0.1, 0.15) is 0 Å². The molecule has 0 aromatic rings. The van der Waals surface area contributed by atoms with Crippen LogP contribution in [0.15, 0.2) is 12.2 Å². The van der Waals surface area contributed by atoms with Crippen LogP contribution in [0, 0.1) is 0 Å². The zero-order chi connectivity index (χ0) is 11.3. The minimum absolute atomic E-state index is 0.0449. The van der Waals surface area contributed by atoms with Crippen molar-refractivity contribution in [1.82, 2.24) is 10.2 Å². The molecule has 0 aromatic heterocycles. The molecule has 4 heteroatoms. The van der Waals surface area contributed by atoms with Gasteiger partial charge in [-0.3, -0.25) is 9.69 Å². The average molecular weight is 212 g/mol. The van der Waals surface area contributed by atoms with Gasteiger partial charge in [0, 0.05) is 31.2 Å². The molecule has 86 valence electrons. The molecular formula is C11H20N2O2. The van der Waals surface area contributed by atoms with Crippen LogP contribution in [-0.4, -0.2) is 49.7 Å². The Bertz CT molecular complexity index is 235. The Hall–Kier alpha value is -0.870. The molecule has 1 amide bonds. The molecular weight excluding hydrogens is 192 g/mol. The summed E-state index contributed by atoms with van der Waals surface area (Å²) in [6.45, 7) is 11.7. The second-order valence-corrected chi connectivity index (χ2v) is 3.71. The molecule has 0 spiro atoms. The fourth-order valence-corrected chi connectivity index (χ4v) is 1.65. The van der Waals surface area contributed by atoms with Gasteiger partial charge in [-0.25, -0.2) is 0 Å². The van der Waals surface area contributed by atoms with Crippen molar-refractivity contribution < 1.29 is 9.53 Å². The number of hydrogen-bond acceptors (Lipinski definition) is 3. The molecule has 0 bridgehead atoms. The normalized spacial score (nSPS) is 19.6. The van der Waals surface area contributed by atoms with Crippen molar-refractivity contribution in [2.24, 2.45) is 0 Å². The SMILES string of the molecule is C=C(C(=O)NCC)C(C)N1CCOCC1. The first-order valence-electron chi connectivity index (χ1n) is 5.45. The van der Waals surface area contributed by atoms with Crippen LogP contribution < -0.4 is 5.32 Å². The van der Waals surface area contributed by atoms with E-state index in [0.29, 0.717) is 12.1 Å². The molecule has 1 N–H and O–H groups in total. The first-order valence-corrected chi connectivity index (χ1v) is 5.45. The van der Waals surface area contributed by atoms with Gasteiger partial charge in [0.15, 0.2) is 0 Å². The Morgan fingerprint density at radius 1 is 1.53 bits per heavy atom. The predicted octanol–water partition coefficient (Wildman–Crippen LogP) is 0.399. The summed E-state index contributed by atoms with van der Waals surface area (Å²) in [7, 11) is 0. The molecule has 1 fully saturated rings. The Kier molecular flexibility index (Phi) is 4.78. The van der Waals surface area contributed by atoms with E-state index in [1.54, 1.807) is 0 Å². The van der Waals surface area contributed by atoms with E-state index in [1.165, 1.54) is 0 Å². The van der Waals surface area contributed by atoms with Crippen LogP contribution in [0.5, 0.6) is 0 Å². The lowest BCUT2D eigenvalue weighted by Gasteiger charge is -2.32. The second kappa shape index (κ2) is 5.88. The number of nitrogens with zero attached hydrogens (tertiary/aromatic N) is 1. The van der Waals surface area contributed by atoms with Gasteiger partial charge in [-0.1, -0.05) is 6.58 Å². The van der Waals surface area contributed by atoms with Crippen molar-refractivity contribution in [2.75, 3.05) is 32.8 Å². The molecule has 0 saturated carbocycles. The summed E-state index contributed by atoms with van der Waals surface area (Å²) < 4.78 is 5.27. The van der Waals surface area contributed by atoms with Crippen molar-refractivity contribution in [3.05, 3.63) is 12.2 Å². The third-order valence-electron chi connectivity index (χ3n) is 2.73. The second-order valence-electron chi connectivity index (χ2n) is 3.71. The molecule has 0 radical (unpaired) electrons. The molecule has 1 saturated heterocycles. The van der Waals surface area contributed by atoms with Gasteiger partial charge in [-0.2, -0.15) is 0 Å². The van der Waals surface area contributed by atoms with Gasteiger partial charge in [0.05, 0.1) is 13.2 Å². The first-order chi connectivity index (χ1) is 7.16. The van der Waals surface area contributed by atoms with Crippen LogP contribution in [0.4, 0.5) is 0 Å². The van der Waals surface area contributed by atoms with E-state index in [9.17, 15) is 4.79 Å². The quantitative estimate of drug-likeness (QED) is 0.686. The van der Waals surface area contributed by atoms with Gasteiger partial charge in [-0.15, -0.1) is 0 Å². The van der Waals surface area contributed by atoms with Crippen LogP contribution in [-0.2, 0) is 9.53 Å². The molecule has 0 aliphatic carbocycles. The fraction of sp³-hybridized carbons (Fsp3) is 0.727. The Morgan fingerprint density at radius 3 is 2.67 bits per heavy atom. The number of morpholine rings is 1. The van der Waals surface area contributed by atoms with E-state index in [2.05, 4.69) is 16.8 Å². The third-order valence-corrected chi connectivity index (χ3v) is 2.73. The van der Waals surface area contributed by atoms with E-state index in [1.807, 2.05) is 13.8 Å². The van der Waals surface area contributed by atoms with Crippen LogP contribution in [0.25, 0.3) is 0 Å². The largest absolute Gasteiger partial charge is 0.379 e. The molecule has 1 unspecified atom stereocenters. The third kappa shape index (κ3) is 3.32. The number of likely N-dealkylation sites (N-methyl/N-ethyl adjacent to an activating group) is 1. The van der Waals surface area contributed by atoms with Gasteiger partial charge < -0.3 is 10.1 Å². The minimum atomic E-state index is -0.0449. The smallest absolute Gasteiger partial charge is 0.248 e. The number of carbonyl (C=O) groups excluding carboxylic acids is 1. The number of carbonyl (C=O) groups is 1. The highest BCUT2D eigenvalue weighted by Gasteiger charge is 2.22. The predicted molar refractivity (Wildman–Crippen MR) is 59.7 cm³/mol. The number of rotatable bonds is 4. The van der Waals surface area contributed by atoms with Crippen molar-refractivity contribution in [1.29, 1.82) is 0 Å². The van der Waals surface area contributed by atoms with Crippen molar-refractivity contribution in [3.63, 3.8) is 0 Å². The molecule has 1 rings (SSSR count). The fourth-order valence-electron chi connectivity index (χ4n) is 1.65. The van der Waals surface area contributed by atoms with Crippen LogP contribution in [0.3, 0.4) is 0 Å². The molecule has 1 heterocycles. The highest BCUT2D eigenvalue weighted by molar-refractivity contribution is 5.93. The number of nitrogens with one attached hydrogen (secondary N) is 1. The summed E-state index contributed by atoms with van der Waals surface area (Å²) in [5.74, 6) is -0.0449. The summed E-state index contributed by atoms with van der Waals surface area (Å²) >= 11 is 0. The van der Waals surface area contributed by atoms with Gasteiger partial charge >= 0.3 is 0 Å². The molecule has 15 heavy (non-hydrogen) atoms. The molecule has 1 atom stereocenters. The molecule has 1 aliphatic heterocycles. The highest BCUT2D eigenvalue weighted by Crippen LogP contribution is 2.10. The number of hydrogen-bond donors (Lipinski definition) is 1. The highest BCUT2D eigenvalue weighted by atomic mass is 16.5. The van der Waals surface area contributed by atoms with Crippen molar-refractivity contribution in [3.8, 4) is 0 Å². The Morgan fingerprint density at radius 2 is 2.13 bits per heavy atom. The number of ether oxygens (including phenoxy) is 1. The lowest BCUT2D eigenvalue weighted by atomic mass is 10.1. The van der Waals surface area contributed by atoms with Gasteiger partial charge in [-0.05, 0) is 13.8 Å². The summed E-state index contributed by atoms with van der Waals surface area (Å²) in [5.41, 5.74) is 0.638. The summed E-state index contributed by atoms with van der Waals surface area (Å²) in [6, 6.07) is 0.0976. The van der Waals surface area contributed by atoms with Crippen molar-refractivity contribution >= 4 is 5.91 Å². The van der Waals surface area contributed by atoms with Gasteiger partial charge in [0.25, 0.3) is 0 Å². The van der Waals surface area contributed by atoms with E-state index in [4.69, 9.17) is 4.74 Å². The Labute approximate surface area is 91.3 Å². The lowest BCUT2D eigenvalue weighted by Crippen LogP contribution is -2.45. The maximum absolute atomic E-state index is 11.6. The van der Waals surface area contributed by atoms with E-state index in [-0.39, 0.29) is 11.9 Å². The van der Waals surface area contributed by atoms with E-state index >= 15 is 0 Å². The Balaban J connectivity index is 2.47. The minimum Gasteiger partial charge on any atom is -0.379 e.